The van der Waals surface area contributed by atoms with Gasteiger partial charge in [0, 0.05) is 25.3 Å². The molecule has 1 aromatic carbocycles. The minimum atomic E-state index is -0.350. The van der Waals surface area contributed by atoms with Gasteiger partial charge in [0.2, 0.25) is 0 Å². The van der Waals surface area contributed by atoms with E-state index >= 15 is 0 Å². The molecule has 1 aliphatic rings. The molecule has 3 heterocycles. The lowest BCUT2D eigenvalue weighted by Gasteiger charge is -2.19. The highest BCUT2D eigenvalue weighted by Crippen LogP contribution is 2.29. The SMILES string of the molecule is Cc1noc(-c2cccnc2N2CC[C@@H](NC(=O)COc3ccc(F)cc3)C2)n1. The van der Waals surface area contributed by atoms with Crippen LogP contribution in [0.2, 0.25) is 0 Å². The summed E-state index contributed by atoms with van der Waals surface area (Å²) in [7, 11) is 0. The molecular formula is C20H20FN5O3. The number of halogens is 1. The van der Waals surface area contributed by atoms with Crippen LogP contribution in [0.4, 0.5) is 10.2 Å². The van der Waals surface area contributed by atoms with Crippen LogP contribution in [0.5, 0.6) is 5.75 Å². The van der Waals surface area contributed by atoms with Crippen molar-refractivity contribution in [2.45, 2.75) is 19.4 Å². The number of pyridine rings is 1. The van der Waals surface area contributed by atoms with Crippen molar-refractivity contribution < 1.29 is 18.4 Å². The Hall–Kier alpha value is -3.49. The summed E-state index contributed by atoms with van der Waals surface area (Å²) in [5.41, 5.74) is 0.764. The van der Waals surface area contributed by atoms with E-state index in [1.54, 1.807) is 13.1 Å². The number of nitrogens with one attached hydrogen (secondary N) is 1. The van der Waals surface area contributed by atoms with Gasteiger partial charge in [-0.1, -0.05) is 5.16 Å². The topological polar surface area (TPSA) is 93.4 Å². The fraction of sp³-hybridized carbons (Fsp3) is 0.300. The maximum Gasteiger partial charge on any atom is 0.261 e. The van der Waals surface area contributed by atoms with Gasteiger partial charge in [0.1, 0.15) is 17.4 Å². The zero-order chi connectivity index (χ0) is 20.2. The summed E-state index contributed by atoms with van der Waals surface area (Å²) in [4.78, 5) is 23.0. The molecule has 3 aromatic rings. The zero-order valence-electron chi connectivity index (χ0n) is 15.8. The molecule has 2 aromatic heterocycles. The molecule has 1 atom stereocenters. The van der Waals surface area contributed by atoms with Crippen molar-refractivity contribution >= 4 is 11.7 Å². The average molecular weight is 397 g/mol. The number of benzene rings is 1. The van der Waals surface area contributed by atoms with Crippen LogP contribution in [0.15, 0.2) is 47.1 Å². The molecule has 0 spiro atoms. The van der Waals surface area contributed by atoms with Gasteiger partial charge < -0.3 is 19.5 Å². The van der Waals surface area contributed by atoms with Crippen molar-refractivity contribution in [1.29, 1.82) is 0 Å². The highest BCUT2D eigenvalue weighted by atomic mass is 19.1. The second kappa shape index (κ2) is 8.26. The highest BCUT2D eigenvalue weighted by Gasteiger charge is 2.27. The van der Waals surface area contributed by atoms with E-state index in [0.717, 1.165) is 24.3 Å². The molecule has 29 heavy (non-hydrogen) atoms. The third-order valence-corrected chi connectivity index (χ3v) is 4.58. The van der Waals surface area contributed by atoms with Gasteiger partial charge in [-0.15, -0.1) is 0 Å². The van der Waals surface area contributed by atoms with Crippen LogP contribution < -0.4 is 15.0 Å². The number of carbonyl (C=O) groups is 1. The van der Waals surface area contributed by atoms with E-state index in [2.05, 4.69) is 25.3 Å². The van der Waals surface area contributed by atoms with Crippen molar-refractivity contribution in [3.63, 3.8) is 0 Å². The second-order valence-electron chi connectivity index (χ2n) is 6.76. The molecule has 150 valence electrons. The minimum absolute atomic E-state index is 0.0291. The van der Waals surface area contributed by atoms with E-state index in [1.807, 2.05) is 12.1 Å². The number of rotatable bonds is 6. The van der Waals surface area contributed by atoms with E-state index in [1.165, 1.54) is 24.3 Å². The van der Waals surface area contributed by atoms with Crippen LogP contribution in [0.25, 0.3) is 11.5 Å². The van der Waals surface area contributed by atoms with E-state index in [4.69, 9.17) is 9.26 Å². The van der Waals surface area contributed by atoms with E-state index < -0.39 is 0 Å². The Morgan fingerprint density at radius 1 is 1.34 bits per heavy atom. The van der Waals surface area contributed by atoms with Crippen molar-refractivity contribution in [3.05, 3.63) is 54.2 Å². The number of aryl methyl sites for hydroxylation is 1. The van der Waals surface area contributed by atoms with Gasteiger partial charge in [-0.25, -0.2) is 9.37 Å². The first-order valence-electron chi connectivity index (χ1n) is 9.27. The summed E-state index contributed by atoms with van der Waals surface area (Å²) >= 11 is 0. The lowest BCUT2D eigenvalue weighted by molar-refractivity contribution is -0.123. The molecule has 0 bridgehead atoms. The Kier molecular flexibility index (Phi) is 5.37. The Morgan fingerprint density at radius 3 is 2.93 bits per heavy atom. The summed E-state index contributed by atoms with van der Waals surface area (Å²) in [5.74, 6) is 1.60. The molecule has 1 amide bonds. The molecule has 1 fully saturated rings. The normalized spacial score (nSPS) is 16.1. The van der Waals surface area contributed by atoms with Crippen LogP contribution in [0.3, 0.4) is 0 Å². The van der Waals surface area contributed by atoms with Gasteiger partial charge in [0.15, 0.2) is 12.4 Å². The molecule has 1 N–H and O–H groups in total. The van der Waals surface area contributed by atoms with E-state index in [0.29, 0.717) is 24.0 Å². The molecule has 1 aliphatic heterocycles. The molecule has 0 aliphatic carbocycles. The molecular weight excluding hydrogens is 377 g/mol. The van der Waals surface area contributed by atoms with Gasteiger partial charge in [0.25, 0.3) is 11.8 Å². The number of nitrogens with zero attached hydrogens (tertiary/aromatic N) is 4. The van der Waals surface area contributed by atoms with Crippen LogP contribution in [0.1, 0.15) is 12.2 Å². The molecule has 0 radical (unpaired) electrons. The van der Waals surface area contributed by atoms with Crippen LogP contribution in [0, 0.1) is 12.7 Å². The lowest BCUT2D eigenvalue weighted by atomic mass is 10.2. The van der Waals surface area contributed by atoms with Crippen molar-refractivity contribution in [3.8, 4) is 17.2 Å². The van der Waals surface area contributed by atoms with E-state index in [-0.39, 0.29) is 24.4 Å². The molecule has 4 rings (SSSR count). The third kappa shape index (κ3) is 4.50. The first-order chi connectivity index (χ1) is 14.1. The number of amides is 1. The van der Waals surface area contributed by atoms with Gasteiger partial charge in [0.05, 0.1) is 5.56 Å². The van der Waals surface area contributed by atoms with Crippen molar-refractivity contribution in [1.82, 2.24) is 20.4 Å². The fourth-order valence-corrected chi connectivity index (χ4v) is 3.24. The lowest BCUT2D eigenvalue weighted by Crippen LogP contribution is -2.39. The summed E-state index contributed by atoms with van der Waals surface area (Å²) in [6.45, 7) is 2.98. The van der Waals surface area contributed by atoms with Gasteiger partial charge in [-0.3, -0.25) is 4.79 Å². The minimum Gasteiger partial charge on any atom is -0.484 e. The number of carbonyl (C=O) groups excluding carboxylic acids is 1. The monoisotopic (exact) mass is 397 g/mol. The van der Waals surface area contributed by atoms with Crippen molar-refractivity contribution in [2.24, 2.45) is 0 Å². The number of anilines is 1. The average Bonchev–Trinajstić information content (AvgIpc) is 3.36. The number of hydrogen-bond acceptors (Lipinski definition) is 7. The predicted octanol–water partition coefficient (Wildman–Crippen LogP) is 2.35. The quantitative estimate of drug-likeness (QED) is 0.682. The fourth-order valence-electron chi connectivity index (χ4n) is 3.24. The summed E-state index contributed by atoms with van der Waals surface area (Å²) in [6.07, 6.45) is 2.49. The summed E-state index contributed by atoms with van der Waals surface area (Å²) in [5, 5.41) is 6.81. The highest BCUT2D eigenvalue weighted by molar-refractivity contribution is 5.78. The van der Waals surface area contributed by atoms with Crippen LogP contribution >= 0.6 is 0 Å². The summed E-state index contributed by atoms with van der Waals surface area (Å²) < 4.78 is 23.6. The Balaban J connectivity index is 1.35. The molecule has 1 saturated heterocycles. The Bertz CT molecular complexity index is 992. The first kappa shape index (κ1) is 18.9. The molecule has 9 heteroatoms. The maximum atomic E-state index is 12.9. The number of ether oxygens (including phenoxy) is 1. The van der Waals surface area contributed by atoms with Crippen LogP contribution in [-0.4, -0.2) is 46.8 Å². The van der Waals surface area contributed by atoms with E-state index in [9.17, 15) is 9.18 Å². The first-order valence-corrected chi connectivity index (χ1v) is 9.27. The smallest absolute Gasteiger partial charge is 0.261 e. The van der Waals surface area contributed by atoms with Gasteiger partial charge in [-0.2, -0.15) is 4.98 Å². The molecule has 8 nitrogen and oxygen atoms in total. The number of aromatic nitrogens is 3. The molecule has 0 saturated carbocycles. The van der Waals surface area contributed by atoms with Crippen LogP contribution in [-0.2, 0) is 4.79 Å². The molecule has 0 unspecified atom stereocenters. The van der Waals surface area contributed by atoms with Crippen molar-refractivity contribution in [2.75, 3.05) is 24.6 Å². The third-order valence-electron chi connectivity index (χ3n) is 4.58. The largest absolute Gasteiger partial charge is 0.484 e. The number of hydrogen-bond donors (Lipinski definition) is 1. The predicted molar refractivity (Wildman–Crippen MR) is 103 cm³/mol. The summed E-state index contributed by atoms with van der Waals surface area (Å²) in [6, 6.07) is 9.23. The Morgan fingerprint density at radius 2 is 2.17 bits per heavy atom. The Labute approximate surface area is 166 Å². The maximum absolute atomic E-state index is 12.9. The standard InChI is InChI=1S/C20H20FN5O3/c1-13-23-20(29-25-13)17-3-2-9-22-19(17)26-10-8-15(11-26)24-18(27)12-28-16-6-4-14(21)5-7-16/h2-7,9,15H,8,10-12H2,1H3,(H,24,27)/t15-/m1/s1. The zero-order valence-corrected chi connectivity index (χ0v) is 15.8. The van der Waals surface area contributed by atoms with Gasteiger partial charge in [-0.05, 0) is 49.7 Å². The van der Waals surface area contributed by atoms with Gasteiger partial charge >= 0.3 is 0 Å². The second-order valence-corrected chi connectivity index (χ2v) is 6.76.